The van der Waals surface area contributed by atoms with Crippen molar-refractivity contribution in [3.8, 4) is 0 Å². The van der Waals surface area contributed by atoms with Gasteiger partial charge in [0.15, 0.2) is 0 Å². The average Bonchev–Trinajstić information content (AvgIpc) is 2.19. The second-order valence-electron chi connectivity index (χ2n) is 3.02. The molecule has 0 saturated carbocycles. The van der Waals surface area contributed by atoms with Crippen LogP contribution in [0.15, 0.2) is 24.3 Å². The molecular weight excluding hydrogens is 162 g/mol. The maximum absolute atomic E-state index is 10.4. The lowest BCUT2D eigenvalue weighted by Gasteiger charge is -2.04. The van der Waals surface area contributed by atoms with Crippen LogP contribution in [0.4, 0.5) is 5.69 Å². The first-order chi connectivity index (χ1) is 6.36. The predicted molar refractivity (Wildman–Crippen MR) is 55.2 cm³/mol. The minimum atomic E-state index is 0.723. The molecule has 1 aromatic rings. The summed E-state index contributed by atoms with van der Waals surface area (Å²) in [6.07, 6.45) is 3.23. The molecule has 70 valence electrons. The van der Waals surface area contributed by atoms with E-state index >= 15 is 0 Å². The highest BCUT2D eigenvalue weighted by Gasteiger charge is 1.91. The molecule has 0 radical (unpaired) electrons. The van der Waals surface area contributed by atoms with Gasteiger partial charge in [-0.25, -0.2) is 0 Å². The number of hydrogen-bond donors (Lipinski definition) is 1. The Balaban J connectivity index is 2.44. The quantitative estimate of drug-likeness (QED) is 0.553. The molecule has 1 aromatic carbocycles. The van der Waals surface area contributed by atoms with Crippen molar-refractivity contribution < 1.29 is 4.79 Å². The fourth-order valence-corrected chi connectivity index (χ4v) is 1.09. The molecule has 0 aromatic heterocycles. The number of hydrogen-bond acceptors (Lipinski definition) is 2. The van der Waals surface area contributed by atoms with E-state index < -0.39 is 0 Å². The van der Waals surface area contributed by atoms with Crippen LogP contribution >= 0.6 is 0 Å². The van der Waals surface area contributed by atoms with Crippen LogP contribution in [0.25, 0.3) is 0 Å². The van der Waals surface area contributed by atoms with E-state index in [1.807, 2.05) is 24.3 Å². The van der Waals surface area contributed by atoms with Crippen LogP contribution in [-0.4, -0.2) is 12.8 Å². The molecule has 13 heavy (non-hydrogen) atoms. The number of anilines is 1. The summed E-state index contributed by atoms with van der Waals surface area (Å²) in [6.45, 7) is 3.16. The summed E-state index contributed by atoms with van der Waals surface area (Å²) < 4.78 is 0. The van der Waals surface area contributed by atoms with Gasteiger partial charge in [0.1, 0.15) is 6.29 Å². The van der Waals surface area contributed by atoms with Crippen LogP contribution < -0.4 is 5.32 Å². The second kappa shape index (κ2) is 5.36. The Hall–Kier alpha value is -1.31. The largest absolute Gasteiger partial charge is 0.385 e. The van der Waals surface area contributed by atoms with E-state index in [1.165, 1.54) is 12.8 Å². The monoisotopic (exact) mass is 177 g/mol. The number of nitrogens with one attached hydrogen (secondary N) is 1. The maximum Gasteiger partial charge on any atom is 0.150 e. The molecule has 0 amide bonds. The molecule has 2 nitrogen and oxygen atoms in total. The van der Waals surface area contributed by atoms with Gasteiger partial charge in [0.25, 0.3) is 0 Å². The number of carbonyl (C=O) groups is 1. The lowest BCUT2D eigenvalue weighted by molar-refractivity contribution is 0.112. The van der Waals surface area contributed by atoms with E-state index in [1.54, 1.807) is 0 Å². The minimum Gasteiger partial charge on any atom is -0.385 e. The minimum absolute atomic E-state index is 0.723. The van der Waals surface area contributed by atoms with E-state index in [-0.39, 0.29) is 0 Å². The zero-order valence-corrected chi connectivity index (χ0v) is 7.92. The van der Waals surface area contributed by atoms with Crippen LogP contribution in [0.2, 0.25) is 0 Å². The van der Waals surface area contributed by atoms with E-state index in [0.29, 0.717) is 0 Å². The Morgan fingerprint density at radius 3 is 2.54 bits per heavy atom. The normalized spacial score (nSPS) is 9.62. The van der Waals surface area contributed by atoms with Crippen LogP contribution in [0.3, 0.4) is 0 Å². The summed E-state index contributed by atoms with van der Waals surface area (Å²) in [7, 11) is 0. The van der Waals surface area contributed by atoms with Crippen molar-refractivity contribution in [2.24, 2.45) is 0 Å². The van der Waals surface area contributed by atoms with E-state index in [4.69, 9.17) is 0 Å². The van der Waals surface area contributed by atoms with Gasteiger partial charge >= 0.3 is 0 Å². The van der Waals surface area contributed by atoms with Gasteiger partial charge in [-0.2, -0.15) is 0 Å². The van der Waals surface area contributed by atoms with Gasteiger partial charge in [-0.1, -0.05) is 13.3 Å². The molecule has 2 heteroatoms. The molecule has 0 aliphatic rings. The van der Waals surface area contributed by atoms with Crippen molar-refractivity contribution in [2.75, 3.05) is 11.9 Å². The number of unbranched alkanes of at least 4 members (excludes halogenated alkanes) is 1. The van der Waals surface area contributed by atoms with Crippen molar-refractivity contribution in [1.82, 2.24) is 0 Å². The van der Waals surface area contributed by atoms with Crippen molar-refractivity contribution >= 4 is 12.0 Å². The molecule has 0 aliphatic heterocycles. The standard InChI is InChI=1S/C11H15NO/c1-2-3-8-12-11-6-4-10(9-13)5-7-11/h4-7,9,12H,2-3,8H2,1H3. The second-order valence-corrected chi connectivity index (χ2v) is 3.02. The molecule has 0 fully saturated rings. The highest BCUT2D eigenvalue weighted by atomic mass is 16.1. The molecule has 0 spiro atoms. The Kier molecular flexibility index (Phi) is 4.03. The first-order valence-corrected chi connectivity index (χ1v) is 4.66. The first-order valence-electron chi connectivity index (χ1n) is 4.66. The molecule has 0 atom stereocenters. The van der Waals surface area contributed by atoms with Gasteiger partial charge in [-0.05, 0) is 30.7 Å². The SMILES string of the molecule is CCCCNc1ccc(C=O)cc1. The summed E-state index contributed by atoms with van der Waals surface area (Å²) in [5, 5.41) is 3.28. The third kappa shape index (κ3) is 3.28. The fraction of sp³-hybridized carbons (Fsp3) is 0.364. The Labute approximate surface area is 79.0 Å². The predicted octanol–water partition coefficient (Wildman–Crippen LogP) is 2.71. The highest BCUT2D eigenvalue weighted by molar-refractivity contribution is 5.75. The van der Waals surface area contributed by atoms with Gasteiger partial charge in [0.2, 0.25) is 0 Å². The van der Waals surface area contributed by atoms with Gasteiger partial charge in [0, 0.05) is 17.8 Å². The Bertz CT molecular complexity index is 253. The van der Waals surface area contributed by atoms with Crippen molar-refractivity contribution in [3.05, 3.63) is 29.8 Å². The van der Waals surface area contributed by atoms with E-state index in [2.05, 4.69) is 12.2 Å². The summed E-state index contributed by atoms with van der Waals surface area (Å²) in [5.41, 5.74) is 1.81. The molecule has 1 rings (SSSR count). The summed E-state index contributed by atoms with van der Waals surface area (Å²) >= 11 is 0. The van der Waals surface area contributed by atoms with Gasteiger partial charge in [-0.3, -0.25) is 4.79 Å². The van der Waals surface area contributed by atoms with Crippen LogP contribution in [0.5, 0.6) is 0 Å². The third-order valence-electron chi connectivity index (χ3n) is 1.91. The lowest BCUT2D eigenvalue weighted by atomic mass is 10.2. The fourth-order valence-electron chi connectivity index (χ4n) is 1.09. The molecule has 0 unspecified atom stereocenters. The first kappa shape index (κ1) is 9.78. The number of aldehydes is 1. The van der Waals surface area contributed by atoms with Gasteiger partial charge in [-0.15, -0.1) is 0 Å². The van der Waals surface area contributed by atoms with Crippen LogP contribution in [0, 0.1) is 0 Å². The Morgan fingerprint density at radius 2 is 2.00 bits per heavy atom. The lowest BCUT2D eigenvalue weighted by Crippen LogP contribution is -2.00. The summed E-state index contributed by atoms with van der Waals surface area (Å²) in [5.74, 6) is 0. The zero-order chi connectivity index (χ0) is 9.52. The average molecular weight is 177 g/mol. The molecule has 0 aliphatic carbocycles. The zero-order valence-electron chi connectivity index (χ0n) is 7.92. The molecule has 0 saturated heterocycles. The number of benzene rings is 1. The maximum atomic E-state index is 10.4. The van der Waals surface area contributed by atoms with Crippen LogP contribution in [0.1, 0.15) is 30.1 Å². The Morgan fingerprint density at radius 1 is 1.31 bits per heavy atom. The van der Waals surface area contributed by atoms with Crippen molar-refractivity contribution in [3.63, 3.8) is 0 Å². The summed E-state index contributed by atoms with van der Waals surface area (Å²) in [6, 6.07) is 7.50. The van der Waals surface area contributed by atoms with Crippen molar-refractivity contribution in [2.45, 2.75) is 19.8 Å². The van der Waals surface area contributed by atoms with E-state index in [0.717, 1.165) is 24.1 Å². The third-order valence-corrected chi connectivity index (χ3v) is 1.91. The van der Waals surface area contributed by atoms with Crippen LogP contribution in [-0.2, 0) is 0 Å². The van der Waals surface area contributed by atoms with E-state index in [9.17, 15) is 4.79 Å². The molecule has 1 N–H and O–H groups in total. The van der Waals surface area contributed by atoms with Gasteiger partial charge in [0.05, 0.1) is 0 Å². The summed E-state index contributed by atoms with van der Waals surface area (Å²) in [4.78, 5) is 10.4. The number of rotatable bonds is 5. The van der Waals surface area contributed by atoms with Gasteiger partial charge < -0.3 is 5.32 Å². The topological polar surface area (TPSA) is 29.1 Å². The molecular formula is C11H15NO. The molecule has 0 heterocycles. The highest BCUT2D eigenvalue weighted by Crippen LogP contribution is 2.07. The smallest absolute Gasteiger partial charge is 0.150 e. The number of carbonyl (C=O) groups excluding carboxylic acids is 1. The molecule has 0 bridgehead atoms. The van der Waals surface area contributed by atoms with Crippen molar-refractivity contribution in [1.29, 1.82) is 0 Å².